The minimum absolute atomic E-state index is 0.273. The number of imidazole rings is 1. The molecular weight excluding hydrogens is 337 g/mol. The predicted molar refractivity (Wildman–Crippen MR) is 90.3 cm³/mol. The van der Waals surface area contributed by atoms with Gasteiger partial charge in [0.15, 0.2) is 5.75 Å². The summed E-state index contributed by atoms with van der Waals surface area (Å²) < 4.78 is 5.06. The number of para-hydroxylation sites is 2. The van der Waals surface area contributed by atoms with E-state index < -0.39 is 0 Å². The second-order valence-corrected chi connectivity index (χ2v) is 5.67. The summed E-state index contributed by atoms with van der Waals surface area (Å²) >= 11 is 12.1. The number of fused-ring (bicyclic) bond motifs is 1. The first kappa shape index (κ1) is 15.6. The quantitative estimate of drug-likeness (QED) is 0.752. The lowest BCUT2D eigenvalue weighted by molar-refractivity contribution is 0.0950. The van der Waals surface area contributed by atoms with Crippen molar-refractivity contribution in [3.8, 4) is 5.75 Å². The fourth-order valence-electron chi connectivity index (χ4n) is 2.24. The van der Waals surface area contributed by atoms with Gasteiger partial charge < -0.3 is 15.0 Å². The van der Waals surface area contributed by atoms with Gasteiger partial charge in [0, 0.05) is 5.56 Å². The van der Waals surface area contributed by atoms with E-state index >= 15 is 0 Å². The van der Waals surface area contributed by atoms with Crippen LogP contribution in [-0.4, -0.2) is 23.0 Å². The van der Waals surface area contributed by atoms with Gasteiger partial charge in [-0.3, -0.25) is 4.79 Å². The van der Waals surface area contributed by atoms with E-state index in [1.807, 2.05) is 24.3 Å². The Labute approximate surface area is 142 Å². The van der Waals surface area contributed by atoms with Crippen molar-refractivity contribution in [2.24, 2.45) is 0 Å². The monoisotopic (exact) mass is 349 g/mol. The van der Waals surface area contributed by atoms with Crippen LogP contribution in [0.3, 0.4) is 0 Å². The third kappa shape index (κ3) is 3.25. The number of nitrogens with one attached hydrogen (secondary N) is 2. The molecule has 1 aromatic heterocycles. The molecule has 0 unspecified atom stereocenters. The molecule has 0 saturated carbocycles. The van der Waals surface area contributed by atoms with E-state index in [4.69, 9.17) is 27.9 Å². The Kier molecular flexibility index (Phi) is 4.41. The summed E-state index contributed by atoms with van der Waals surface area (Å²) in [6.07, 6.45) is 0. The minimum atomic E-state index is -0.295. The fraction of sp³-hybridized carbons (Fsp3) is 0.125. The normalized spacial score (nSPS) is 10.7. The third-order valence-electron chi connectivity index (χ3n) is 3.32. The maximum absolute atomic E-state index is 12.2. The average Bonchev–Trinajstić information content (AvgIpc) is 2.95. The van der Waals surface area contributed by atoms with Crippen LogP contribution in [-0.2, 0) is 6.54 Å². The summed E-state index contributed by atoms with van der Waals surface area (Å²) in [5.41, 5.74) is 2.14. The van der Waals surface area contributed by atoms with Crippen LogP contribution in [0, 0.1) is 0 Å². The number of carbonyl (C=O) groups is 1. The number of aromatic amines is 1. The van der Waals surface area contributed by atoms with Crippen molar-refractivity contribution in [2.45, 2.75) is 6.54 Å². The fourth-order valence-corrected chi connectivity index (χ4v) is 2.88. The van der Waals surface area contributed by atoms with Crippen LogP contribution >= 0.6 is 23.2 Å². The number of H-pyrrole nitrogens is 1. The molecule has 0 aliphatic heterocycles. The van der Waals surface area contributed by atoms with E-state index in [0.29, 0.717) is 17.1 Å². The van der Waals surface area contributed by atoms with Gasteiger partial charge in [0.25, 0.3) is 5.91 Å². The summed E-state index contributed by atoms with van der Waals surface area (Å²) in [6, 6.07) is 10.7. The number of hydrogen-bond acceptors (Lipinski definition) is 3. The molecule has 1 amide bonds. The van der Waals surface area contributed by atoms with Crippen LogP contribution < -0.4 is 10.1 Å². The highest BCUT2D eigenvalue weighted by Crippen LogP contribution is 2.33. The smallest absolute Gasteiger partial charge is 0.251 e. The lowest BCUT2D eigenvalue weighted by atomic mass is 10.2. The van der Waals surface area contributed by atoms with Crippen molar-refractivity contribution in [3.05, 3.63) is 57.8 Å². The average molecular weight is 350 g/mol. The first-order valence-corrected chi connectivity index (χ1v) is 7.59. The first-order chi connectivity index (χ1) is 11.1. The van der Waals surface area contributed by atoms with Gasteiger partial charge >= 0.3 is 0 Å². The summed E-state index contributed by atoms with van der Waals surface area (Å²) in [7, 11) is 1.47. The van der Waals surface area contributed by atoms with E-state index in [1.54, 1.807) is 0 Å². The van der Waals surface area contributed by atoms with Crippen molar-refractivity contribution < 1.29 is 9.53 Å². The van der Waals surface area contributed by atoms with Gasteiger partial charge in [0.05, 0.1) is 34.7 Å². The zero-order valence-electron chi connectivity index (χ0n) is 12.2. The van der Waals surface area contributed by atoms with E-state index in [9.17, 15) is 4.79 Å². The molecule has 5 nitrogen and oxygen atoms in total. The molecule has 0 aliphatic carbocycles. The molecule has 0 aliphatic rings. The van der Waals surface area contributed by atoms with Crippen LogP contribution in [0.4, 0.5) is 0 Å². The molecule has 7 heteroatoms. The van der Waals surface area contributed by atoms with Crippen LogP contribution in [0.25, 0.3) is 11.0 Å². The summed E-state index contributed by atoms with van der Waals surface area (Å²) in [6.45, 7) is 0.273. The van der Waals surface area contributed by atoms with Crippen molar-refractivity contribution in [3.63, 3.8) is 0 Å². The van der Waals surface area contributed by atoms with Gasteiger partial charge in [-0.25, -0.2) is 4.98 Å². The highest BCUT2D eigenvalue weighted by atomic mass is 35.5. The Balaban J connectivity index is 1.74. The zero-order chi connectivity index (χ0) is 16.4. The molecule has 2 N–H and O–H groups in total. The molecular formula is C16H13Cl2N3O2. The number of halogens is 2. The Hall–Kier alpha value is -2.24. The molecule has 0 radical (unpaired) electrons. The van der Waals surface area contributed by atoms with Gasteiger partial charge in [-0.1, -0.05) is 35.3 Å². The Morgan fingerprint density at radius 2 is 1.96 bits per heavy atom. The van der Waals surface area contributed by atoms with Crippen molar-refractivity contribution >= 4 is 40.1 Å². The number of methoxy groups -OCH3 is 1. The highest BCUT2D eigenvalue weighted by Gasteiger charge is 2.14. The van der Waals surface area contributed by atoms with Gasteiger partial charge in [-0.15, -0.1) is 0 Å². The summed E-state index contributed by atoms with van der Waals surface area (Å²) in [5, 5.41) is 3.35. The number of nitrogens with zero attached hydrogens (tertiary/aromatic N) is 1. The van der Waals surface area contributed by atoms with Crippen molar-refractivity contribution in [2.75, 3.05) is 7.11 Å². The number of rotatable bonds is 4. The maximum Gasteiger partial charge on any atom is 0.251 e. The van der Waals surface area contributed by atoms with E-state index in [2.05, 4.69) is 15.3 Å². The number of ether oxygens (including phenoxy) is 1. The van der Waals surface area contributed by atoms with Crippen LogP contribution in [0.5, 0.6) is 5.75 Å². The third-order valence-corrected chi connectivity index (χ3v) is 3.88. The molecule has 1 heterocycles. The second kappa shape index (κ2) is 6.48. The molecule has 3 rings (SSSR count). The number of aromatic nitrogens is 2. The maximum atomic E-state index is 12.2. The second-order valence-electron chi connectivity index (χ2n) is 4.86. The SMILES string of the molecule is COc1c(Cl)cc(C(=O)NCc2nc3ccccc3[nH]2)cc1Cl. The molecule has 0 atom stereocenters. The van der Waals surface area contributed by atoms with Gasteiger partial charge in [0.2, 0.25) is 0 Å². The van der Waals surface area contributed by atoms with Crippen LogP contribution in [0.1, 0.15) is 16.2 Å². The van der Waals surface area contributed by atoms with Crippen LogP contribution in [0.2, 0.25) is 10.0 Å². The number of benzene rings is 2. The highest BCUT2D eigenvalue weighted by molar-refractivity contribution is 6.37. The first-order valence-electron chi connectivity index (χ1n) is 6.83. The minimum Gasteiger partial charge on any atom is -0.494 e. The Morgan fingerprint density at radius 1 is 1.26 bits per heavy atom. The van der Waals surface area contributed by atoms with E-state index in [1.165, 1.54) is 19.2 Å². The van der Waals surface area contributed by atoms with Crippen molar-refractivity contribution in [1.82, 2.24) is 15.3 Å². The molecule has 3 aromatic rings. The lowest BCUT2D eigenvalue weighted by Crippen LogP contribution is -2.23. The molecule has 0 spiro atoms. The van der Waals surface area contributed by atoms with Gasteiger partial charge in [-0.05, 0) is 24.3 Å². The molecule has 0 saturated heterocycles. The van der Waals surface area contributed by atoms with E-state index in [-0.39, 0.29) is 22.5 Å². The van der Waals surface area contributed by atoms with Gasteiger partial charge in [-0.2, -0.15) is 0 Å². The standard InChI is InChI=1S/C16H13Cl2N3O2/c1-23-15-10(17)6-9(7-11(15)18)16(22)19-8-14-20-12-4-2-3-5-13(12)21-14/h2-7H,8H2,1H3,(H,19,22)(H,20,21). The van der Waals surface area contributed by atoms with Gasteiger partial charge in [0.1, 0.15) is 5.82 Å². The van der Waals surface area contributed by atoms with Crippen molar-refractivity contribution in [1.29, 1.82) is 0 Å². The largest absolute Gasteiger partial charge is 0.494 e. The Bertz CT molecular complexity index is 821. The molecule has 23 heavy (non-hydrogen) atoms. The Morgan fingerprint density at radius 3 is 2.61 bits per heavy atom. The molecule has 0 fully saturated rings. The topological polar surface area (TPSA) is 67.0 Å². The lowest BCUT2D eigenvalue weighted by Gasteiger charge is -2.09. The molecule has 118 valence electrons. The molecule has 2 aromatic carbocycles. The summed E-state index contributed by atoms with van der Waals surface area (Å²) in [5.74, 6) is 0.726. The number of carbonyl (C=O) groups excluding carboxylic acids is 1. The number of hydrogen-bond donors (Lipinski definition) is 2. The summed E-state index contributed by atoms with van der Waals surface area (Å²) in [4.78, 5) is 19.8. The number of amides is 1. The predicted octanol–water partition coefficient (Wildman–Crippen LogP) is 3.81. The zero-order valence-corrected chi connectivity index (χ0v) is 13.7. The molecule has 0 bridgehead atoms. The van der Waals surface area contributed by atoms with Crippen LogP contribution in [0.15, 0.2) is 36.4 Å². The van der Waals surface area contributed by atoms with E-state index in [0.717, 1.165) is 11.0 Å².